The third kappa shape index (κ3) is 9.80. The number of carbonyl (C=O) groups is 2. The molecule has 2 N–H and O–H groups in total. The summed E-state index contributed by atoms with van der Waals surface area (Å²) in [5, 5.41) is 33.1. The molecule has 0 aliphatic carbocycles. The normalized spacial score (nSPS) is 9.45. The number of pyridine rings is 2. The molecule has 0 unspecified atom stereocenters. The van der Waals surface area contributed by atoms with E-state index in [0.29, 0.717) is 11.1 Å². The molecule has 0 aliphatic rings. The Morgan fingerprint density at radius 1 is 0.545 bits per heavy atom. The second-order valence-electron chi connectivity index (χ2n) is 7.20. The lowest BCUT2D eigenvalue weighted by Crippen LogP contribution is -2.11. The van der Waals surface area contributed by atoms with Crippen LogP contribution in [0.2, 0.25) is 0 Å². The molecule has 4 aromatic rings. The van der Waals surface area contributed by atoms with E-state index in [4.69, 9.17) is 20.7 Å². The fourth-order valence-electron chi connectivity index (χ4n) is 2.44. The Kier molecular flexibility index (Phi) is 15.1. The number of carboxylic acids is 2. The van der Waals surface area contributed by atoms with E-state index in [1.54, 1.807) is 49.1 Å². The van der Waals surface area contributed by atoms with Crippen molar-refractivity contribution in [2.45, 2.75) is 0 Å². The van der Waals surface area contributed by atoms with Crippen molar-refractivity contribution in [1.29, 1.82) is 10.5 Å². The molecular weight excluding hydrogens is 838 g/mol. The summed E-state index contributed by atoms with van der Waals surface area (Å²) in [5.41, 5.74) is -1.94. The van der Waals surface area contributed by atoms with Crippen LogP contribution in [0, 0.1) is 76.3 Å². The molecule has 0 amide bonds. The lowest BCUT2D eigenvalue weighted by molar-refractivity contribution is 0.0672. The molecule has 0 saturated heterocycles. The third-order valence-electron chi connectivity index (χ3n) is 4.47. The van der Waals surface area contributed by atoms with Crippen LogP contribution in [0.4, 0.5) is 35.1 Å². The summed E-state index contributed by atoms with van der Waals surface area (Å²) in [6.45, 7) is 0. The topological polar surface area (TPSA) is 148 Å². The summed E-state index contributed by atoms with van der Waals surface area (Å²) in [6.07, 6.45) is 6.38. The Labute approximate surface area is 268 Å². The van der Waals surface area contributed by atoms with Crippen LogP contribution in [-0.2, 0) is 0 Å². The highest BCUT2D eigenvalue weighted by atomic mass is 127. The van der Waals surface area contributed by atoms with E-state index in [1.807, 2.05) is 12.1 Å². The predicted molar refractivity (Wildman–Crippen MR) is 150 cm³/mol. The number of nitriles is 2. The Morgan fingerprint density at radius 3 is 0.932 bits per heavy atom. The number of halogens is 10. The van der Waals surface area contributed by atoms with E-state index < -0.39 is 76.7 Å². The first-order valence-corrected chi connectivity index (χ1v) is 12.9. The van der Waals surface area contributed by atoms with Crippen molar-refractivity contribution in [3.8, 4) is 12.1 Å². The number of rotatable bonds is 2. The van der Waals surface area contributed by atoms with Crippen LogP contribution in [-0.4, -0.2) is 32.1 Å². The Bertz CT molecular complexity index is 1570. The maximum absolute atomic E-state index is 12.8. The zero-order valence-corrected chi connectivity index (χ0v) is 25.2. The van der Waals surface area contributed by atoms with Crippen molar-refractivity contribution < 1.29 is 54.9 Å². The fraction of sp³-hybridized carbons (Fsp3) is 0. The average molecular weight is 848 g/mol. The summed E-state index contributed by atoms with van der Waals surface area (Å²) in [5.74, 6) is -18.6. The number of hydrogen-bond acceptors (Lipinski definition) is 6. The first-order valence-electron chi connectivity index (χ1n) is 10.7. The standard InChI is InChI=1S/2C7HF4IO2.2C6H4N2/c2*8-2-1(7(13)14)3(9)5(11)6(12)4(2)10;2*7-5-6-1-3-8-4-2-6/h2*(H,13,14);2*1-4H. The van der Waals surface area contributed by atoms with Crippen molar-refractivity contribution in [3.63, 3.8) is 0 Å². The first-order chi connectivity index (χ1) is 20.6. The van der Waals surface area contributed by atoms with Gasteiger partial charge in [-0.05, 0) is 69.4 Å². The molecule has 8 nitrogen and oxygen atoms in total. The zero-order chi connectivity index (χ0) is 33.7. The van der Waals surface area contributed by atoms with Crippen LogP contribution in [0.25, 0.3) is 0 Å². The minimum absolute atomic E-state index is 0.653. The molecule has 0 saturated carbocycles. The molecule has 228 valence electrons. The van der Waals surface area contributed by atoms with Crippen LogP contribution in [0.15, 0.2) is 49.1 Å². The van der Waals surface area contributed by atoms with Gasteiger partial charge in [0.1, 0.15) is 11.1 Å². The van der Waals surface area contributed by atoms with Crippen molar-refractivity contribution in [3.05, 3.63) is 125 Å². The smallest absolute Gasteiger partial charge is 0.341 e. The van der Waals surface area contributed by atoms with Gasteiger partial charge in [-0.25, -0.2) is 44.7 Å². The van der Waals surface area contributed by atoms with Gasteiger partial charge < -0.3 is 10.2 Å². The Balaban J connectivity index is 0.000000303. The average Bonchev–Trinajstić information content (AvgIpc) is 3.02. The molecule has 2 aromatic heterocycles. The number of carboxylic acid groups (broad SMARTS) is 2. The molecule has 18 heteroatoms. The Hall–Kier alpha value is -4.44. The summed E-state index contributed by atoms with van der Waals surface area (Å²) >= 11 is 2.07. The molecule has 2 aromatic carbocycles. The predicted octanol–water partition coefficient (Wildman–Crippen LogP) is 7.00. The maximum atomic E-state index is 12.8. The number of aromatic carboxylic acids is 2. The molecule has 0 fully saturated rings. The molecule has 0 aliphatic heterocycles. The van der Waals surface area contributed by atoms with Crippen LogP contribution in [0.5, 0.6) is 0 Å². The minimum Gasteiger partial charge on any atom is -0.477 e. The maximum Gasteiger partial charge on any atom is 0.341 e. The highest BCUT2D eigenvalue weighted by Gasteiger charge is 2.29. The monoisotopic (exact) mass is 848 g/mol. The Morgan fingerprint density at radius 2 is 0.773 bits per heavy atom. The van der Waals surface area contributed by atoms with Crippen LogP contribution in [0.3, 0.4) is 0 Å². The van der Waals surface area contributed by atoms with E-state index in [2.05, 4.69) is 9.97 Å². The first kappa shape index (κ1) is 37.6. The number of hydrogen-bond donors (Lipinski definition) is 2. The lowest BCUT2D eigenvalue weighted by atomic mass is 10.2. The van der Waals surface area contributed by atoms with Gasteiger partial charge in [0.05, 0.1) is 30.4 Å². The van der Waals surface area contributed by atoms with E-state index in [-0.39, 0.29) is 0 Å². The number of benzene rings is 2. The summed E-state index contributed by atoms with van der Waals surface area (Å²) < 4.78 is 100. The molecule has 4 rings (SSSR count). The highest BCUT2D eigenvalue weighted by Crippen LogP contribution is 2.26. The second kappa shape index (κ2) is 17.6. The fourth-order valence-corrected chi connectivity index (χ4v) is 3.39. The zero-order valence-electron chi connectivity index (χ0n) is 20.9. The SMILES string of the molecule is N#Cc1ccncc1.N#Cc1ccncc1.O=C(O)c1c(F)c(F)c(I)c(F)c1F.O=C(O)c1c(F)c(F)c(I)c(F)c1F. The van der Waals surface area contributed by atoms with Crippen molar-refractivity contribution in [2.75, 3.05) is 0 Å². The number of nitrogens with zero attached hydrogens (tertiary/aromatic N) is 4. The molecule has 0 radical (unpaired) electrons. The van der Waals surface area contributed by atoms with Crippen molar-refractivity contribution >= 4 is 57.1 Å². The highest BCUT2D eigenvalue weighted by molar-refractivity contribution is 14.1. The van der Waals surface area contributed by atoms with Gasteiger partial charge in [-0.1, -0.05) is 0 Å². The lowest BCUT2D eigenvalue weighted by Gasteiger charge is -2.04. The van der Waals surface area contributed by atoms with Crippen molar-refractivity contribution in [1.82, 2.24) is 9.97 Å². The van der Waals surface area contributed by atoms with E-state index >= 15 is 0 Å². The molecule has 2 heterocycles. The minimum atomic E-state index is -2.06. The molecule has 0 spiro atoms. The molecular formula is C26H10F8I2N4O4. The van der Waals surface area contributed by atoms with Gasteiger partial charge in [-0.15, -0.1) is 0 Å². The van der Waals surface area contributed by atoms with Crippen LogP contribution in [0.1, 0.15) is 31.8 Å². The number of aromatic nitrogens is 2. The largest absolute Gasteiger partial charge is 0.477 e. The van der Waals surface area contributed by atoms with Gasteiger partial charge in [-0.2, -0.15) is 10.5 Å². The summed E-state index contributed by atoms with van der Waals surface area (Å²) in [4.78, 5) is 28.0. The van der Waals surface area contributed by atoms with Gasteiger partial charge >= 0.3 is 11.9 Å². The van der Waals surface area contributed by atoms with E-state index in [1.165, 1.54) is 0 Å². The van der Waals surface area contributed by atoms with Crippen molar-refractivity contribution in [2.24, 2.45) is 0 Å². The van der Waals surface area contributed by atoms with E-state index in [0.717, 1.165) is 45.2 Å². The van der Waals surface area contributed by atoms with Gasteiger partial charge in [0.25, 0.3) is 0 Å². The van der Waals surface area contributed by atoms with Gasteiger partial charge in [0.2, 0.25) is 0 Å². The van der Waals surface area contributed by atoms with Crippen LogP contribution >= 0.6 is 45.2 Å². The second-order valence-corrected chi connectivity index (χ2v) is 9.35. The quantitative estimate of drug-likeness (QED) is 0.0950. The van der Waals surface area contributed by atoms with Gasteiger partial charge in [0.15, 0.2) is 46.5 Å². The van der Waals surface area contributed by atoms with Gasteiger partial charge in [0, 0.05) is 24.8 Å². The van der Waals surface area contributed by atoms with Crippen LogP contribution < -0.4 is 0 Å². The summed E-state index contributed by atoms with van der Waals surface area (Å²) in [6, 6.07) is 10.6. The molecule has 44 heavy (non-hydrogen) atoms. The van der Waals surface area contributed by atoms with E-state index in [9.17, 15) is 44.7 Å². The summed E-state index contributed by atoms with van der Waals surface area (Å²) in [7, 11) is 0. The van der Waals surface area contributed by atoms with Gasteiger partial charge in [-0.3, -0.25) is 9.97 Å². The third-order valence-corrected chi connectivity index (χ3v) is 6.36. The molecule has 0 bridgehead atoms. The molecule has 0 atom stereocenters.